The molecule has 1 N–H and O–H groups in total. The van der Waals surface area contributed by atoms with Gasteiger partial charge in [-0.15, -0.1) is 0 Å². The molecule has 2 fully saturated rings. The van der Waals surface area contributed by atoms with Gasteiger partial charge in [0.05, 0.1) is 6.61 Å². The van der Waals surface area contributed by atoms with Gasteiger partial charge in [-0.1, -0.05) is 18.2 Å². The van der Waals surface area contributed by atoms with E-state index in [1.54, 1.807) is 0 Å². The Morgan fingerprint density at radius 2 is 2.00 bits per heavy atom. The van der Waals surface area contributed by atoms with E-state index in [9.17, 15) is 9.59 Å². The number of amides is 2. The number of likely N-dealkylation sites (tertiary alicyclic amines) is 2. The second-order valence-corrected chi connectivity index (χ2v) is 7.06. The van der Waals surface area contributed by atoms with Crippen LogP contribution in [-0.2, 0) is 4.74 Å². The SMILES string of the molecule is CCOC(=O)N1CC[C@H]2[C@H](CCCN2CCNC(=O)c2ccccc2)C1. The lowest BCUT2D eigenvalue weighted by Gasteiger charge is -2.47. The first-order valence-corrected chi connectivity index (χ1v) is 9.68. The van der Waals surface area contributed by atoms with Crippen molar-refractivity contribution in [1.82, 2.24) is 15.1 Å². The van der Waals surface area contributed by atoms with Crippen molar-refractivity contribution in [3.63, 3.8) is 0 Å². The molecule has 2 amide bonds. The van der Waals surface area contributed by atoms with E-state index in [4.69, 9.17) is 4.74 Å². The lowest BCUT2D eigenvalue weighted by Crippen LogP contribution is -2.56. The van der Waals surface area contributed by atoms with Crippen molar-refractivity contribution in [3.8, 4) is 0 Å². The quantitative estimate of drug-likeness (QED) is 0.877. The molecule has 0 spiro atoms. The molecule has 0 aliphatic carbocycles. The normalized spacial score (nSPS) is 23.2. The second-order valence-electron chi connectivity index (χ2n) is 7.06. The van der Waals surface area contributed by atoms with Gasteiger partial charge >= 0.3 is 6.09 Å². The molecule has 0 aromatic heterocycles. The maximum atomic E-state index is 12.2. The lowest BCUT2D eigenvalue weighted by atomic mass is 9.84. The van der Waals surface area contributed by atoms with E-state index in [0.717, 1.165) is 45.4 Å². The smallest absolute Gasteiger partial charge is 0.409 e. The minimum absolute atomic E-state index is 0.0173. The third-order valence-corrected chi connectivity index (χ3v) is 5.43. The molecule has 2 saturated heterocycles. The second kappa shape index (κ2) is 9.03. The zero-order chi connectivity index (χ0) is 18.4. The van der Waals surface area contributed by atoms with Crippen molar-refractivity contribution in [2.45, 2.75) is 32.2 Å². The first-order valence-electron chi connectivity index (χ1n) is 9.68. The fourth-order valence-electron chi connectivity index (χ4n) is 4.17. The Kier molecular flexibility index (Phi) is 6.50. The Hall–Kier alpha value is -2.08. The van der Waals surface area contributed by atoms with Gasteiger partial charge in [0.15, 0.2) is 0 Å². The van der Waals surface area contributed by atoms with Crippen LogP contribution in [0.5, 0.6) is 0 Å². The molecule has 26 heavy (non-hydrogen) atoms. The monoisotopic (exact) mass is 359 g/mol. The number of fused-ring (bicyclic) bond motifs is 1. The highest BCUT2D eigenvalue weighted by molar-refractivity contribution is 5.94. The van der Waals surface area contributed by atoms with E-state index in [-0.39, 0.29) is 12.0 Å². The first-order chi connectivity index (χ1) is 12.7. The predicted molar refractivity (Wildman–Crippen MR) is 100 cm³/mol. The number of piperidine rings is 2. The average molecular weight is 359 g/mol. The molecule has 1 aromatic rings. The van der Waals surface area contributed by atoms with Gasteiger partial charge in [0, 0.05) is 37.8 Å². The molecule has 6 heteroatoms. The highest BCUT2D eigenvalue weighted by atomic mass is 16.6. The third-order valence-electron chi connectivity index (χ3n) is 5.43. The number of hydrogen-bond acceptors (Lipinski definition) is 4. The first kappa shape index (κ1) is 18.7. The van der Waals surface area contributed by atoms with Crippen LogP contribution >= 0.6 is 0 Å². The standard InChI is InChI=1S/C20H29N3O3/c1-2-26-20(25)23-13-10-18-17(15-23)9-6-12-22(18)14-11-21-19(24)16-7-4-3-5-8-16/h3-5,7-8,17-18H,2,6,9-15H2,1H3,(H,21,24)/t17-,18+/m1/s1. The van der Waals surface area contributed by atoms with E-state index >= 15 is 0 Å². The van der Waals surface area contributed by atoms with E-state index in [1.807, 2.05) is 42.2 Å². The molecular formula is C20H29N3O3. The van der Waals surface area contributed by atoms with E-state index in [2.05, 4.69) is 10.2 Å². The van der Waals surface area contributed by atoms with Crippen molar-refractivity contribution in [2.24, 2.45) is 5.92 Å². The summed E-state index contributed by atoms with van der Waals surface area (Å²) < 4.78 is 5.15. The summed E-state index contributed by atoms with van der Waals surface area (Å²) in [6, 6.07) is 9.83. The molecule has 0 unspecified atom stereocenters. The van der Waals surface area contributed by atoms with Gasteiger partial charge in [-0.25, -0.2) is 4.79 Å². The van der Waals surface area contributed by atoms with Gasteiger partial charge in [0.1, 0.15) is 0 Å². The topological polar surface area (TPSA) is 61.9 Å². The van der Waals surface area contributed by atoms with Crippen LogP contribution in [0.2, 0.25) is 0 Å². The molecule has 1 aromatic carbocycles. The number of rotatable bonds is 5. The summed E-state index contributed by atoms with van der Waals surface area (Å²) in [7, 11) is 0. The van der Waals surface area contributed by atoms with Gasteiger partial charge in [0.2, 0.25) is 0 Å². The van der Waals surface area contributed by atoms with Crippen molar-refractivity contribution >= 4 is 12.0 Å². The van der Waals surface area contributed by atoms with Crippen LogP contribution in [0.4, 0.5) is 4.79 Å². The minimum atomic E-state index is -0.182. The summed E-state index contributed by atoms with van der Waals surface area (Å²) in [4.78, 5) is 28.5. The lowest BCUT2D eigenvalue weighted by molar-refractivity contribution is 0.0190. The van der Waals surface area contributed by atoms with Crippen LogP contribution in [0.15, 0.2) is 30.3 Å². The number of ether oxygens (including phenoxy) is 1. The number of carbonyl (C=O) groups excluding carboxylic acids is 2. The van der Waals surface area contributed by atoms with Crippen molar-refractivity contribution in [2.75, 3.05) is 39.3 Å². The van der Waals surface area contributed by atoms with Gasteiger partial charge in [0.25, 0.3) is 5.91 Å². The summed E-state index contributed by atoms with van der Waals surface area (Å²) in [5.41, 5.74) is 0.701. The van der Waals surface area contributed by atoms with E-state index < -0.39 is 0 Å². The number of nitrogens with zero attached hydrogens (tertiary/aromatic N) is 2. The summed E-state index contributed by atoms with van der Waals surface area (Å²) in [6.45, 7) is 6.40. The number of nitrogens with one attached hydrogen (secondary N) is 1. The molecular weight excluding hydrogens is 330 g/mol. The highest BCUT2D eigenvalue weighted by Crippen LogP contribution is 2.30. The molecule has 6 nitrogen and oxygen atoms in total. The summed E-state index contributed by atoms with van der Waals surface area (Å²) >= 11 is 0. The minimum Gasteiger partial charge on any atom is -0.450 e. The fraction of sp³-hybridized carbons (Fsp3) is 0.600. The van der Waals surface area contributed by atoms with Gasteiger partial charge < -0.3 is 15.0 Å². The molecule has 2 aliphatic heterocycles. The van der Waals surface area contributed by atoms with Crippen LogP contribution in [0.3, 0.4) is 0 Å². The number of benzene rings is 1. The molecule has 2 atom stereocenters. The predicted octanol–water partition coefficient (Wildman–Crippen LogP) is 2.36. The van der Waals surface area contributed by atoms with Crippen LogP contribution in [0.25, 0.3) is 0 Å². The maximum Gasteiger partial charge on any atom is 0.409 e. The third kappa shape index (κ3) is 4.55. The Morgan fingerprint density at radius 1 is 1.19 bits per heavy atom. The van der Waals surface area contributed by atoms with Crippen molar-refractivity contribution in [3.05, 3.63) is 35.9 Å². The van der Waals surface area contributed by atoms with Crippen molar-refractivity contribution < 1.29 is 14.3 Å². The van der Waals surface area contributed by atoms with Gasteiger partial charge in [-0.3, -0.25) is 9.69 Å². The zero-order valence-corrected chi connectivity index (χ0v) is 15.5. The number of carbonyl (C=O) groups is 2. The van der Waals surface area contributed by atoms with Gasteiger partial charge in [-0.05, 0) is 50.8 Å². The largest absolute Gasteiger partial charge is 0.450 e. The zero-order valence-electron chi connectivity index (χ0n) is 15.5. The number of hydrogen-bond donors (Lipinski definition) is 1. The highest BCUT2D eigenvalue weighted by Gasteiger charge is 2.37. The fourth-order valence-corrected chi connectivity index (χ4v) is 4.17. The summed E-state index contributed by atoms with van der Waals surface area (Å²) in [6.07, 6.45) is 3.10. The van der Waals surface area contributed by atoms with E-state index in [0.29, 0.717) is 30.7 Å². The Morgan fingerprint density at radius 3 is 2.77 bits per heavy atom. The Labute approximate surface area is 155 Å². The van der Waals surface area contributed by atoms with Crippen LogP contribution in [0.1, 0.15) is 36.5 Å². The summed E-state index contributed by atoms with van der Waals surface area (Å²) in [5, 5.41) is 3.02. The molecule has 2 aliphatic rings. The Bertz CT molecular complexity index is 608. The Balaban J connectivity index is 1.47. The van der Waals surface area contributed by atoms with E-state index in [1.165, 1.54) is 0 Å². The molecule has 2 heterocycles. The molecule has 0 bridgehead atoms. The van der Waals surface area contributed by atoms with Crippen molar-refractivity contribution in [1.29, 1.82) is 0 Å². The average Bonchev–Trinajstić information content (AvgIpc) is 2.68. The molecule has 142 valence electrons. The van der Waals surface area contributed by atoms with Gasteiger partial charge in [-0.2, -0.15) is 0 Å². The molecule has 0 radical (unpaired) electrons. The molecule has 3 rings (SSSR count). The van der Waals surface area contributed by atoms with Crippen LogP contribution in [0, 0.1) is 5.92 Å². The van der Waals surface area contributed by atoms with Crippen LogP contribution < -0.4 is 5.32 Å². The maximum absolute atomic E-state index is 12.2. The van der Waals surface area contributed by atoms with Crippen LogP contribution in [-0.4, -0.2) is 67.2 Å². The molecule has 0 saturated carbocycles. The summed E-state index contributed by atoms with van der Waals surface area (Å²) in [5.74, 6) is 0.489.